The molecule has 0 spiro atoms. The minimum Gasteiger partial charge on any atom is -0.347 e. The third-order valence-corrected chi connectivity index (χ3v) is 4.34. The van der Waals surface area contributed by atoms with Gasteiger partial charge in [0, 0.05) is 14.1 Å². The quantitative estimate of drug-likeness (QED) is 0.847. The number of nitrogens with zero attached hydrogens (tertiary/aromatic N) is 2. The van der Waals surface area contributed by atoms with Gasteiger partial charge in [-0.3, -0.25) is 9.10 Å². The van der Waals surface area contributed by atoms with Crippen molar-refractivity contribution in [3.05, 3.63) is 29.3 Å². The summed E-state index contributed by atoms with van der Waals surface area (Å²) < 4.78 is 25.4. The number of rotatable bonds is 4. The minimum atomic E-state index is -3.55. The van der Waals surface area contributed by atoms with Crippen LogP contribution in [0, 0.1) is 13.8 Å². The van der Waals surface area contributed by atoms with E-state index in [9.17, 15) is 13.2 Å². The van der Waals surface area contributed by atoms with Gasteiger partial charge in [-0.05, 0) is 38.0 Å². The van der Waals surface area contributed by atoms with E-state index in [2.05, 4.69) is 0 Å². The molecule has 0 radical (unpaired) electrons. The van der Waals surface area contributed by atoms with Crippen molar-refractivity contribution in [2.24, 2.45) is 0 Å². The molecule has 5 nitrogen and oxygen atoms in total. The number of anilines is 1. The molecule has 1 amide bonds. The molecule has 1 aromatic rings. The highest BCUT2D eigenvalue weighted by atomic mass is 32.2. The SMILES string of the molecule is Cc1ccc(C)c(N([C@@H](C)C(=O)N(C)C)S(C)(=O)=O)c1. The molecule has 6 heteroatoms. The number of amides is 1. The molecule has 112 valence electrons. The van der Waals surface area contributed by atoms with Crippen molar-refractivity contribution in [2.75, 3.05) is 24.7 Å². The predicted molar refractivity (Wildman–Crippen MR) is 81.4 cm³/mol. The molecule has 0 fully saturated rings. The summed E-state index contributed by atoms with van der Waals surface area (Å²) in [5.41, 5.74) is 2.32. The first-order valence-corrected chi connectivity index (χ1v) is 8.18. The topological polar surface area (TPSA) is 57.7 Å². The van der Waals surface area contributed by atoms with Crippen molar-refractivity contribution in [3.8, 4) is 0 Å². The first-order chi connectivity index (χ1) is 9.05. The summed E-state index contributed by atoms with van der Waals surface area (Å²) in [6.45, 7) is 5.33. The lowest BCUT2D eigenvalue weighted by atomic mass is 10.1. The Kier molecular flexibility index (Phi) is 4.81. The van der Waals surface area contributed by atoms with Crippen molar-refractivity contribution < 1.29 is 13.2 Å². The van der Waals surface area contributed by atoms with Gasteiger partial charge in [0.25, 0.3) is 0 Å². The summed E-state index contributed by atoms with van der Waals surface area (Å²) >= 11 is 0. The highest BCUT2D eigenvalue weighted by molar-refractivity contribution is 7.92. The maximum absolute atomic E-state index is 12.1. The van der Waals surface area contributed by atoms with Crippen molar-refractivity contribution in [1.29, 1.82) is 0 Å². The van der Waals surface area contributed by atoms with E-state index >= 15 is 0 Å². The van der Waals surface area contributed by atoms with E-state index in [1.165, 1.54) is 9.21 Å². The van der Waals surface area contributed by atoms with Crippen LogP contribution in [0.3, 0.4) is 0 Å². The normalized spacial score (nSPS) is 12.9. The highest BCUT2D eigenvalue weighted by Crippen LogP contribution is 2.26. The molecule has 0 aliphatic rings. The zero-order valence-corrected chi connectivity index (χ0v) is 13.7. The van der Waals surface area contributed by atoms with Gasteiger partial charge in [-0.15, -0.1) is 0 Å². The molecule has 0 bridgehead atoms. The average molecular weight is 298 g/mol. The zero-order chi connectivity index (χ0) is 15.7. The van der Waals surface area contributed by atoms with E-state index in [1.54, 1.807) is 27.1 Å². The lowest BCUT2D eigenvalue weighted by molar-refractivity contribution is -0.129. The summed E-state index contributed by atoms with van der Waals surface area (Å²) in [6, 6.07) is 4.78. The highest BCUT2D eigenvalue weighted by Gasteiger charge is 2.30. The molecule has 0 heterocycles. The molecule has 20 heavy (non-hydrogen) atoms. The predicted octanol–water partition coefficient (Wildman–Crippen LogP) is 1.55. The maximum Gasteiger partial charge on any atom is 0.245 e. The number of hydrogen-bond donors (Lipinski definition) is 0. The Balaban J connectivity index is 3.42. The largest absolute Gasteiger partial charge is 0.347 e. The molecule has 1 atom stereocenters. The molecule has 1 aromatic carbocycles. The third kappa shape index (κ3) is 3.50. The van der Waals surface area contributed by atoms with Crippen LogP contribution in [0.4, 0.5) is 5.69 Å². The van der Waals surface area contributed by atoms with E-state index in [-0.39, 0.29) is 5.91 Å². The maximum atomic E-state index is 12.1. The second-order valence-corrected chi connectivity index (χ2v) is 7.12. The van der Waals surface area contributed by atoms with Crippen molar-refractivity contribution in [1.82, 2.24) is 4.90 Å². The van der Waals surface area contributed by atoms with Crippen LogP contribution in [0.2, 0.25) is 0 Å². The number of aryl methyl sites for hydroxylation is 2. The third-order valence-electron chi connectivity index (χ3n) is 3.11. The average Bonchev–Trinajstić information content (AvgIpc) is 2.30. The molecular weight excluding hydrogens is 276 g/mol. The van der Waals surface area contributed by atoms with Crippen LogP contribution < -0.4 is 4.31 Å². The summed E-state index contributed by atoms with van der Waals surface area (Å²) in [5.74, 6) is -0.253. The van der Waals surface area contributed by atoms with Crippen LogP contribution in [0.1, 0.15) is 18.1 Å². The molecule has 0 aromatic heterocycles. The molecular formula is C14H22N2O3S. The van der Waals surface area contributed by atoms with Crippen LogP contribution in [0.5, 0.6) is 0 Å². The van der Waals surface area contributed by atoms with Gasteiger partial charge in [-0.2, -0.15) is 0 Å². The van der Waals surface area contributed by atoms with E-state index < -0.39 is 16.1 Å². The molecule has 0 N–H and O–H groups in total. The van der Waals surface area contributed by atoms with Crippen molar-refractivity contribution in [3.63, 3.8) is 0 Å². The van der Waals surface area contributed by atoms with Gasteiger partial charge in [0.1, 0.15) is 6.04 Å². The lowest BCUT2D eigenvalue weighted by Gasteiger charge is -2.31. The molecule has 1 rings (SSSR count). The van der Waals surface area contributed by atoms with Crippen molar-refractivity contribution in [2.45, 2.75) is 26.8 Å². The first-order valence-electron chi connectivity index (χ1n) is 6.33. The van der Waals surface area contributed by atoms with Crippen LogP contribution in [0.15, 0.2) is 18.2 Å². The van der Waals surface area contributed by atoms with Gasteiger partial charge >= 0.3 is 0 Å². The standard InChI is InChI=1S/C14H22N2O3S/c1-10-7-8-11(2)13(9-10)16(20(6,18)19)12(3)14(17)15(4)5/h7-9,12H,1-6H3/t12-/m0/s1. The van der Waals surface area contributed by atoms with Gasteiger partial charge in [-0.1, -0.05) is 12.1 Å². The molecule has 0 aliphatic carbocycles. The summed E-state index contributed by atoms with van der Waals surface area (Å²) in [7, 11) is -0.322. The Hall–Kier alpha value is -1.56. The first kappa shape index (κ1) is 16.5. The molecule has 0 aliphatic heterocycles. The van der Waals surface area contributed by atoms with Crippen LogP contribution >= 0.6 is 0 Å². The molecule has 0 saturated carbocycles. The Morgan fingerprint density at radius 2 is 1.75 bits per heavy atom. The molecule has 0 saturated heterocycles. The monoisotopic (exact) mass is 298 g/mol. The zero-order valence-electron chi connectivity index (χ0n) is 12.8. The second-order valence-electron chi connectivity index (χ2n) is 5.26. The number of hydrogen-bond acceptors (Lipinski definition) is 3. The van der Waals surface area contributed by atoms with Gasteiger partial charge in [0.15, 0.2) is 0 Å². The van der Waals surface area contributed by atoms with Crippen LogP contribution in [-0.2, 0) is 14.8 Å². The van der Waals surface area contributed by atoms with E-state index in [0.717, 1.165) is 17.4 Å². The Morgan fingerprint density at radius 1 is 1.20 bits per heavy atom. The second kappa shape index (κ2) is 5.83. The van der Waals surface area contributed by atoms with Gasteiger partial charge in [0.2, 0.25) is 15.9 Å². The Labute approximate surface area is 121 Å². The smallest absolute Gasteiger partial charge is 0.245 e. The van der Waals surface area contributed by atoms with E-state index in [1.807, 2.05) is 26.0 Å². The number of carbonyl (C=O) groups is 1. The lowest BCUT2D eigenvalue weighted by Crippen LogP contribution is -2.47. The number of carbonyl (C=O) groups excluding carboxylic acids is 1. The fourth-order valence-electron chi connectivity index (χ4n) is 2.11. The summed E-state index contributed by atoms with van der Waals surface area (Å²) in [5, 5.41) is 0. The van der Waals surface area contributed by atoms with Gasteiger partial charge in [0.05, 0.1) is 11.9 Å². The Bertz CT molecular complexity index is 609. The number of sulfonamides is 1. The number of benzene rings is 1. The fourth-order valence-corrected chi connectivity index (χ4v) is 3.32. The van der Waals surface area contributed by atoms with Gasteiger partial charge in [-0.25, -0.2) is 8.42 Å². The summed E-state index contributed by atoms with van der Waals surface area (Å²) in [6.07, 6.45) is 1.12. The Morgan fingerprint density at radius 3 is 2.20 bits per heavy atom. The van der Waals surface area contributed by atoms with Gasteiger partial charge < -0.3 is 4.90 Å². The minimum absolute atomic E-state index is 0.253. The summed E-state index contributed by atoms with van der Waals surface area (Å²) in [4.78, 5) is 13.5. The van der Waals surface area contributed by atoms with E-state index in [0.29, 0.717) is 5.69 Å². The van der Waals surface area contributed by atoms with Crippen LogP contribution in [0.25, 0.3) is 0 Å². The van der Waals surface area contributed by atoms with Crippen molar-refractivity contribution >= 4 is 21.6 Å². The van der Waals surface area contributed by atoms with Crippen LogP contribution in [-0.4, -0.2) is 45.6 Å². The van der Waals surface area contributed by atoms with E-state index in [4.69, 9.17) is 0 Å². The molecule has 0 unspecified atom stereocenters. The fraction of sp³-hybridized carbons (Fsp3) is 0.500. The number of likely N-dealkylation sites (N-methyl/N-ethyl adjacent to an activating group) is 1.